The van der Waals surface area contributed by atoms with Gasteiger partial charge in [0.05, 0.1) is 7.11 Å². The van der Waals surface area contributed by atoms with Crippen LogP contribution in [0.2, 0.25) is 0 Å². The maximum absolute atomic E-state index is 11.3. The molecule has 1 aliphatic heterocycles. The van der Waals surface area contributed by atoms with Gasteiger partial charge in [0.25, 0.3) is 0 Å². The minimum atomic E-state index is -1.01. The summed E-state index contributed by atoms with van der Waals surface area (Å²) in [6.07, 6.45) is 1.26. The van der Waals surface area contributed by atoms with E-state index >= 15 is 0 Å². The molecular weight excluding hydrogens is 212 g/mol. The molecule has 0 aromatic carbocycles. The smallest absolute Gasteiger partial charge is 0.335 e. The average molecular weight is 232 g/mol. The fraction of sp³-hybridized carbons (Fsp3) is 0.909. The van der Waals surface area contributed by atoms with Gasteiger partial charge in [0.1, 0.15) is 0 Å². The summed E-state index contributed by atoms with van der Waals surface area (Å²) in [5.74, 6) is 2.10. The van der Waals surface area contributed by atoms with E-state index in [1.807, 2.05) is 25.6 Å². The van der Waals surface area contributed by atoms with E-state index in [0.717, 1.165) is 12.2 Å². The summed E-state index contributed by atoms with van der Waals surface area (Å²) >= 11 is 1.90. The maximum atomic E-state index is 11.3. The number of aliphatic hydroxyl groups is 1. The first kappa shape index (κ1) is 12.8. The SMILES string of the molecule is COC(=O)C(O)C(C)(C)C1CCCSC1. The predicted molar refractivity (Wildman–Crippen MR) is 61.9 cm³/mol. The molecule has 1 fully saturated rings. The number of rotatable bonds is 3. The van der Waals surface area contributed by atoms with E-state index in [0.29, 0.717) is 5.92 Å². The number of hydrogen-bond donors (Lipinski definition) is 1. The standard InChI is InChI=1S/C11H20O3S/c1-11(2,9(12)10(13)14-3)8-5-4-6-15-7-8/h8-9,12H,4-7H2,1-3H3. The number of carbonyl (C=O) groups excluding carboxylic acids is 1. The lowest BCUT2D eigenvalue weighted by molar-refractivity contribution is -0.159. The predicted octanol–water partition coefficient (Wildman–Crippen LogP) is 1.69. The normalized spacial score (nSPS) is 24.7. The summed E-state index contributed by atoms with van der Waals surface area (Å²) in [7, 11) is 1.32. The van der Waals surface area contributed by atoms with Crippen LogP contribution in [0.1, 0.15) is 26.7 Å². The van der Waals surface area contributed by atoms with E-state index in [2.05, 4.69) is 4.74 Å². The zero-order valence-electron chi connectivity index (χ0n) is 9.66. The highest BCUT2D eigenvalue weighted by Crippen LogP contribution is 2.39. The number of carbonyl (C=O) groups is 1. The van der Waals surface area contributed by atoms with Gasteiger partial charge in [-0.25, -0.2) is 4.79 Å². The first-order valence-corrected chi connectivity index (χ1v) is 6.49. The zero-order chi connectivity index (χ0) is 11.5. The van der Waals surface area contributed by atoms with Crippen molar-refractivity contribution in [1.29, 1.82) is 0 Å². The first-order chi connectivity index (χ1) is 7.00. The monoisotopic (exact) mass is 232 g/mol. The number of aliphatic hydroxyl groups excluding tert-OH is 1. The Morgan fingerprint density at radius 3 is 2.73 bits per heavy atom. The van der Waals surface area contributed by atoms with Gasteiger partial charge in [0.2, 0.25) is 0 Å². The lowest BCUT2D eigenvalue weighted by Gasteiger charge is -2.38. The van der Waals surface area contributed by atoms with Crippen molar-refractivity contribution in [2.75, 3.05) is 18.6 Å². The Morgan fingerprint density at radius 1 is 1.60 bits per heavy atom. The highest BCUT2D eigenvalue weighted by molar-refractivity contribution is 7.99. The molecule has 0 spiro atoms. The van der Waals surface area contributed by atoms with Crippen LogP contribution in [0, 0.1) is 11.3 Å². The summed E-state index contributed by atoms with van der Waals surface area (Å²) < 4.78 is 4.59. The van der Waals surface area contributed by atoms with Gasteiger partial charge in [-0.05, 0) is 30.3 Å². The van der Waals surface area contributed by atoms with Crippen LogP contribution in [0.5, 0.6) is 0 Å². The van der Waals surface area contributed by atoms with E-state index in [9.17, 15) is 9.90 Å². The molecule has 0 amide bonds. The van der Waals surface area contributed by atoms with Gasteiger partial charge in [0.15, 0.2) is 6.10 Å². The summed E-state index contributed by atoms with van der Waals surface area (Å²) in [6, 6.07) is 0. The lowest BCUT2D eigenvalue weighted by atomic mass is 9.73. The second-order valence-corrected chi connectivity index (χ2v) is 5.81. The average Bonchev–Trinajstić information content (AvgIpc) is 2.28. The van der Waals surface area contributed by atoms with Gasteiger partial charge >= 0.3 is 5.97 Å². The number of ether oxygens (including phenoxy) is 1. The quantitative estimate of drug-likeness (QED) is 0.752. The van der Waals surface area contributed by atoms with Crippen LogP contribution < -0.4 is 0 Å². The highest BCUT2D eigenvalue weighted by Gasteiger charge is 2.41. The molecule has 15 heavy (non-hydrogen) atoms. The Kier molecular flexibility index (Phi) is 4.46. The molecule has 1 saturated heterocycles. The van der Waals surface area contributed by atoms with Crippen LogP contribution in [-0.2, 0) is 9.53 Å². The molecule has 1 heterocycles. The van der Waals surface area contributed by atoms with Crippen molar-refractivity contribution in [3.8, 4) is 0 Å². The number of esters is 1. The van der Waals surface area contributed by atoms with Crippen molar-refractivity contribution in [2.24, 2.45) is 11.3 Å². The summed E-state index contributed by atoms with van der Waals surface area (Å²) in [5.41, 5.74) is -0.388. The molecular formula is C11H20O3S. The van der Waals surface area contributed by atoms with Crippen molar-refractivity contribution >= 4 is 17.7 Å². The van der Waals surface area contributed by atoms with Crippen molar-refractivity contribution < 1.29 is 14.6 Å². The summed E-state index contributed by atoms with van der Waals surface area (Å²) in [5, 5.41) is 9.91. The fourth-order valence-electron chi connectivity index (χ4n) is 1.97. The van der Waals surface area contributed by atoms with Gasteiger partial charge in [-0.15, -0.1) is 0 Å². The molecule has 2 unspecified atom stereocenters. The van der Waals surface area contributed by atoms with Gasteiger partial charge in [-0.3, -0.25) is 0 Å². The molecule has 3 nitrogen and oxygen atoms in total. The molecule has 0 aromatic heterocycles. The Hall–Kier alpha value is -0.220. The minimum Gasteiger partial charge on any atom is -0.467 e. The van der Waals surface area contributed by atoms with Crippen LogP contribution in [0.25, 0.3) is 0 Å². The van der Waals surface area contributed by atoms with Crippen LogP contribution >= 0.6 is 11.8 Å². The number of thioether (sulfide) groups is 1. The molecule has 2 atom stereocenters. The largest absolute Gasteiger partial charge is 0.467 e. The van der Waals surface area contributed by atoms with Crippen LogP contribution in [0.3, 0.4) is 0 Å². The lowest BCUT2D eigenvalue weighted by Crippen LogP contribution is -2.44. The molecule has 1 N–H and O–H groups in total. The van der Waals surface area contributed by atoms with Gasteiger partial charge in [-0.1, -0.05) is 13.8 Å². The Balaban J connectivity index is 2.66. The number of methoxy groups -OCH3 is 1. The van der Waals surface area contributed by atoms with Crippen LogP contribution in [-0.4, -0.2) is 35.8 Å². The third-order valence-electron chi connectivity index (χ3n) is 3.34. The van der Waals surface area contributed by atoms with E-state index < -0.39 is 12.1 Å². The Morgan fingerprint density at radius 2 is 2.27 bits per heavy atom. The van der Waals surface area contributed by atoms with Crippen molar-refractivity contribution in [3.63, 3.8) is 0 Å². The second kappa shape index (κ2) is 5.21. The van der Waals surface area contributed by atoms with Gasteiger partial charge < -0.3 is 9.84 Å². The first-order valence-electron chi connectivity index (χ1n) is 5.33. The molecule has 0 bridgehead atoms. The summed E-state index contributed by atoms with van der Waals surface area (Å²) in [4.78, 5) is 11.3. The Labute approximate surface area is 95.6 Å². The minimum absolute atomic E-state index is 0.388. The van der Waals surface area contributed by atoms with Crippen LogP contribution in [0.15, 0.2) is 0 Å². The number of hydrogen-bond acceptors (Lipinski definition) is 4. The van der Waals surface area contributed by atoms with Crippen molar-refractivity contribution in [1.82, 2.24) is 0 Å². The van der Waals surface area contributed by atoms with E-state index in [-0.39, 0.29) is 5.41 Å². The second-order valence-electron chi connectivity index (χ2n) is 4.66. The summed E-state index contributed by atoms with van der Waals surface area (Å²) in [6.45, 7) is 3.90. The van der Waals surface area contributed by atoms with E-state index in [4.69, 9.17) is 0 Å². The van der Waals surface area contributed by atoms with Crippen molar-refractivity contribution in [3.05, 3.63) is 0 Å². The molecule has 0 radical (unpaired) electrons. The molecule has 4 heteroatoms. The van der Waals surface area contributed by atoms with E-state index in [1.165, 1.54) is 19.3 Å². The van der Waals surface area contributed by atoms with Gasteiger partial charge in [0, 0.05) is 5.41 Å². The third-order valence-corrected chi connectivity index (χ3v) is 4.56. The molecule has 1 aliphatic rings. The maximum Gasteiger partial charge on any atom is 0.335 e. The molecule has 0 saturated carbocycles. The third kappa shape index (κ3) is 2.88. The zero-order valence-corrected chi connectivity index (χ0v) is 10.5. The molecule has 1 rings (SSSR count). The van der Waals surface area contributed by atoms with Crippen molar-refractivity contribution in [2.45, 2.75) is 32.8 Å². The topological polar surface area (TPSA) is 46.5 Å². The van der Waals surface area contributed by atoms with Crippen LogP contribution in [0.4, 0.5) is 0 Å². The van der Waals surface area contributed by atoms with E-state index in [1.54, 1.807) is 0 Å². The van der Waals surface area contributed by atoms with Gasteiger partial charge in [-0.2, -0.15) is 11.8 Å². The Bertz CT molecular complexity index is 222. The molecule has 0 aliphatic carbocycles. The molecule has 0 aromatic rings. The fourth-order valence-corrected chi connectivity index (χ4v) is 3.38. The molecule has 88 valence electrons. The highest BCUT2D eigenvalue weighted by atomic mass is 32.2.